The molecule has 3 aliphatic rings. The van der Waals surface area contributed by atoms with Gasteiger partial charge in [0.2, 0.25) is 0 Å². The van der Waals surface area contributed by atoms with Crippen LogP contribution in [0.1, 0.15) is 30.4 Å². The molecule has 106 valence electrons. The van der Waals surface area contributed by atoms with Gasteiger partial charge in [-0.15, -0.1) is 0 Å². The molecule has 1 heterocycles. The molecule has 0 spiro atoms. The van der Waals surface area contributed by atoms with Gasteiger partial charge < -0.3 is 15.1 Å². The van der Waals surface area contributed by atoms with Crippen LogP contribution in [0.25, 0.3) is 0 Å². The van der Waals surface area contributed by atoms with E-state index >= 15 is 0 Å². The van der Waals surface area contributed by atoms with Gasteiger partial charge in [-0.25, -0.2) is 0 Å². The van der Waals surface area contributed by atoms with E-state index < -0.39 is 0 Å². The van der Waals surface area contributed by atoms with E-state index in [0.717, 1.165) is 37.8 Å². The third-order valence-corrected chi connectivity index (χ3v) is 5.80. The molecule has 0 saturated carbocycles. The Hall–Kier alpha value is -1.48. The zero-order chi connectivity index (χ0) is 13.9. The maximum Gasteiger partial charge on any atom is 0.161 e. The fourth-order valence-electron chi connectivity index (χ4n) is 4.81. The van der Waals surface area contributed by atoms with Crippen molar-refractivity contribution in [2.75, 3.05) is 13.6 Å². The molecule has 4 rings (SSSR count). The molecule has 0 aromatic heterocycles. The van der Waals surface area contributed by atoms with Crippen molar-refractivity contribution in [2.45, 2.75) is 37.1 Å². The predicted octanol–water partition coefficient (Wildman–Crippen LogP) is 2.56. The summed E-state index contributed by atoms with van der Waals surface area (Å²) in [7, 11) is 2.21. The molecule has 0 amide bonds. The van der Waals surface area contributed by atoms with Gasteiger partial charge in [0.15, 0.2) is 11.5 Å². The number of phenolic OH excluding ortho intramolecular Hbond substituents is 2. The van der Waals surface area contributed by atoms with E-state index in [1.54, 1.807) is 6.07 Å². The lowest BCUT2D eigenvalue weighted by molar-refractivity contribution is 0.0458. The topological polar surface area (TPSA) is 43.7 Å². The number of hydrogen-bond acceptors (Lipinski definition) is 3. The first-order valence-corrected chi connectivity index (χ1v) is 7.55. The number of fused-ring (bicyclic) bond motifs is 1. The van der Waals surface area contributed by atoms with Crippen molar-refractivity contribution in [2.24, 2.45) is 5.92 Å². The first-order chi connectivity index (χ1) is 9.63. The molecule has 1 fully saturated rings. The van der Waals surface area contributed by atoms with Crippen LogP contribution >= 0.6 is 0 Å². The molecule has 2 aliphatic carbocycles. The summed E-state index contributed by atoms with van der Waals surface area (Å²) in [5, 5.41) is 20.4. The number of hydrogen-bond donors (Lipinski definition) is 2. The third-order valence-electron chi connectivity index (χ3n) is 5.80. The Morgan fingerprint density at radius 1 is 1.25 bits per heavy atom. The van der Waals surface area contributed by atoms with Gasteiger partial charge >= 0.3 is 0 Å². The minimum absolute atomic E-state index is 0.0301. The van der Waals surface area contributed by atoms with Crippen molar-refractivity contribution < 1.29 is 10.2 Å². The number of rotatable bonds is 0. The van der Waals surface area contributed by atoms with Gasteiger partial charge in [0.1, 0.15) is 0 Å². The van der Waals surface area contributed by atoms with Gasteiger partial charge in [0, 0.05) is 22.9 Å². The average molecular weight is 271 g/mol. The molecule has 2 bridgehead atoms. The van der Waals surface area contributed by atoms with Crippen molar-refractivity contribution in [3.63, 3.8) is 0 Å². The second-order valence-corrected chi connectivity index (χ2v) is 6.62. The number of aromatic hydroxyl groups is 2. The number of allylic oxidation sites excluding steroid dienone is 1. The number of piperidine rings is 1. The zero-order valence-corrected chi connectivity index (χ0v) is 11.8. The van der Waals surface area contributed by atoms with Crippen LogP contribution in [-0.2, 0) is 11.8 Å². The Balaban J connectivity index is 1.99. The summed E-state index contributed by atoms with van der Waals surface area (Å²) in [5.41, 5.74) is 2.29. The molecule has 3 unspecified atom stereocenters. The number of likely N-dealkylation sites (tertiary alicyclic amines) is 1. The van der Waals surface area contributed by atoms with Gasteiger partial charge in [-0.2, -0.15) is 0 Å². The summed E-state index contributed by atoms with van der Waals surface area (Å²) < 4.78 is 0. The lowest BCUT2D eigenvalue weighted by Crippen LogP contribution is -2.58. The van der Waals surface area contributed by atoms with Crippen LogP contribution < -0.4 is 0 Å². The SMILES string of the molecule is CN1CCC23CCC=CC2C1Cc1ccc(O)c(O)c13. The Bertz CT molecular complexity index is 595. The van der Waals surface area contributed by atoms with Gasteiger partial charge in [-0.3, -0.25) is 0 Å². The average Bonchev–Trinajstić information content (AvgIpc) is 2.46. The second-order valence-electron chi connectivity index (χ2n) is 6.62. The highest BCUT2D eigenvalue weighted by Gasteiger charge is 2.53. The maximum atomic E-state index is 10.5. The van der Waals surface area contributed by atoms with E-state index in [9.17, 15) is 10.2 Å². The van der Waals surface area contributed by atoms with E-state index in [0.29, 0.717) is 12.0 Å². The number of likely N-dealkylation sites (N-methyl/N-ethyl adjacent to an activating group) is 1. The van der Waals surface area contributed by atoms with Crippen LogP contribution in [0.4, 0.5) is 0 Å². The second kappa shape index (κ2) is 4.01. The maximum absolute atomic E-state index is 10.5. The largest absolute Gasteiger partial charge is 0.504 e. The molecule has 2 N–H and O–H groups in total. The van der Waals surface area contributed by atoms with Crippen LogP contribution in [0.2, 0.25) is 0 Å². The van der Waals surface area contributed by atoms with Crippen LogP contribution in [0.3, 0.4) is 0 Å². The predicted molar refractivity (Wildman–Crippen MR) is 78.1 cm³/mol. The lowest BCUT2D eigenvalue weighted by atomic mass is 9.54. The Kier molecular flexibility index (Phi) is 2.46. The fraction of sp³-hybridized carbons (Fsp3) is 0.529. The molecule has 20 heavy (non-hydrogen) atoms. The molecule has 1 aromatic rings. The summed E-state index contributed by atoms with van der Waals surface area (Å²) >= 11 is 0. The smallest absolute Gasteiger partial charge is 0.161 e. The van der Waals surface area contributed by atoms with Crippen LogP contribution in [0.5, 0.6) is 11.5 Å². The summed E-state index contributed by atoms with van der Waals surface area (Å²) in [6, 6.07) is 4.17. The highest BCUT2D eigenvalue weighted by molar-refractivity contribution is 5.56. The molecule has 0 radical (unpaired) electrons. The lowest BCUT2D eigenvalue weighted by Gasteiger charge is -2.56. The zero-order valence-electron chi connectivity index (χ0n) is 11.8. The van der Waals surface area contributed by atoms with Crippen molar-refractivity contribution in [1.29, 1.82) is 0 Å². The van der Waals surface area contributed by atoms with E-state index in [1.807, 2.05) is 6.07 Å². The molecular formula is C17H21NO2. The normalized spacial score (nSPS) is 35.5. The standard InChI is InChI=1S/C17H21NO2/c1-18-9-8-17-7-3-2-4-12(17)13(18)10-11-5-6-14(19)16(20)15(11)17/h2,4-6,12-13,19-20H,3,7-10H2,1H3. The minimum atomic E-state index is 0.0301. The molecule has 3 heteroatoms. The van der Waals surface area contributed by atoms with Crippen molar-refractivity contribution >= 4 is 0 Å². The van der Waals surface area contributed by atoms with Gasteiger partial charge in [0.05, 0.1) is 0 Å². The molecule has 3 atom stereocenters. The van der Waals surface area contributed by atoms with Gasteiger partial charge in [-0.1, -0.05) is 18.2 Å². The van der Waals surface area contributed by atoms with Crippen LogP contribution in [0.15, 0.2) is 24.3 Å². The van der Waals surface area contributed by atoms with E-state index in [1.165, 1.54) is 5.56 Å². The molecule has 1 aromatic carbocycles. The molecule has 1 aliphatic heterocycles. The summed E-state index contributed by atoms with van der Waals surface area (Å²) in [6.07, 6.45) is 8.84. The minimum Gasteiger partial charge on any atom is -0.504 e. The van der Waals surface area contributed by atoms with Gasteiger partial charge in [0.25, 0.3) is 0 Å². The van der Waals surface area contributed by atoms with Crippen molar-refractivity contribution in [3.8, 4) is 11.5 Å². The van der Waals surface area contributed by atoms with E-state index in [-0.39, 0.29) is 16.9 Å². The Labute approximate surface area is 119 Å². The Morgan fingerprint density at radius 3 is 2.95 bits per heavy atom. The van der Waals surface area contributed by atoms with Crippen molar-refractivity contribution in [1.82, 2.24) is 4.90 Å². The monoisotopic (exact) mass is 271 g/mol. The molecule has 1 saturated heterocycles. The summed E-state index contributed by atoms with van der Waals surface area (Å²) in [4.78, 5) is 2.46. The number of benzene rings is 1. The van der Waals surface area contributed by atoms with E-state index in [4.69, 9.17) is 0 Å². The summed E-state index contributed by atoms with van der Waals surface area (Å²) in [5.74, 6) is 0.629. The number of phenols is 2. The van der Waals surface area contributed by atoms with Gasteiger partial charge in [-0.05, 0) is 50.9 Å². The first kappa shape index (κ1) is 12.3. The van der Waals surface area contributed by atoms with E-state index in [2.05, 4.69) is 24.1 Å². The highest BCUT2D eigenvalue weighted by Crippen LogP contribution is 2.57. The fourth-order valence-corrected chi connectivity index (χ4v) is 4.81. The third kappa shape index (κ3) is 1.39. The van der Waals surface area contributed by atoms with Crippen LogP contribution in [-0.4, -0.2) is 34.7 Å². The Morgan fingerprint density at radius 2 is 2.10 bits per heavy atom. The van der Waals surface area contributed by atoms with Crippen LogP contribution in [0, 0.1) is 5.92 Å². The number of nitrogens with zero attached hydrogens (tertiary/aromatic N) is 1. The highest BCUT2D eigenvalue weighted by atomic mass is 16.3. The summed E-state index contributed by atoms with van der Waals surface area (Å²) in [6.45, 7) is 1.07. The molecular weight excluding hydrogens is 250 g/mol. The quantitative estimate of drug-likeness (QED) is 0.563. The first-order valence-electron chi connectivity index (χ1n) is 7.55. The molecule has 3 nitrogen and oxygen atoms in total. The van der Waals surface area contributed by atoms with Crippen molar-refractivity contribution in [3.05, 3.63) is 35.4 Å².